The zero-order chi connectivity index (χ0) is 12.0. The van der Waals surface area contributed by atoms with E-state index in [1.165, 1.54) is 0 Å². The zero-order valence-corrected chi connectivity index (χ0v) is 9.51. The highest BCUT2D eigenvalue weighted by Crippen LogP contribution is 2.15. The molecule has 0 radical (unpaired) electrons. The highest BCUT2D eigenvalue weighted by Gasteiger charge is 2.11. The van der Waals surface area contributed by atoms with Gasteiger partial charge in [-0.3, -0.25) is 5.43 Å². The number of nitrogens with two attached hydrogens (primary N) is 1. The van der Waals surface area contributed by atoms with Gasteiger partial charge in [0.05, 0.1) is 12.5 Å². The lowest BCUT2D eigenvalue weighted by Gasteiger charge is -2.26. The third-order valence-electron chi connectivity index (χ3n) is 2.15. The predicted molar refractivity (Wildman–Crippen MR) is 62.6 cm³/mol. The van der Waals surface area contributed by atoms with Crippen molar-refractivity contribution in [3.05, 3.63) is 12.3 Å². The van der Waals surface area contributed by atoms with E-state index in [-0.39, 0.29) is 6.04 Å². The molecule has 0 atom stereocenters. The van der Waals surface area contributed by atoms with Gasteiger partial charge >= 0.3 is 0 Å². The van der Waals surface area contributed by atoms with Gasteiger partial charge in [0.25, 0.3) is 0 Å². The third-order valence-corrected chi connectivity index (χ3v) is 2.15. The second kappa shape index (κ2) is 5.88. The molecular weight excluding hydrogens is 204 g/mol. The van der Waals surface area contributed by atoms with E-state index in [0.717, 1.165) is 5.82 Å². The molecule has 0 aliphatic carbocycles. The van der Waals surface area contributed by atoms with Crippen LogP contribution in [0.15, 0.2) is 12.3 Å². The van der Waals surface area contributed by atoms with Crippen molar-refractivity contribution in [1.82, 2.24) is 9.97 Å². The largest absolute Gasteiger partial charge is 0.353 e. The molecule has 1 heterocycles. The Morgan fingerprint density at radius 2 is 2.38 bits per heavy atom. The van der Waals surface area contributed by atoms with Gasteiger partial charge in [-0.1, -0.05) is 0 Å². The molecular formula is C10H16N6. The number of hydrogen-bond acceptors (Lipinski definition) is 6. The minimum absolute atomic E-state index is 0.272. The second-order valence-electron chi connectivity index (χ2n) is 3.58. The Hall–Kier alpha value is -1.87. The molecule has 86 valence electrons. The molecule has 1 aromatic heterocycles. The summed E-state index contributed by atoms with van der Waals surface area (Å²) in [5.41, 5.74) is 2.40. The molecule has 16 heavy (non-hydrogen) atoms. The number of anilines is 2. The number of rotatable bonds is 5. The first-order valence-corrected chi connectivity index (χ1v) is 5.12. The Kier molecular flexibility index (Phi) is 4.48. The average molecular weight is 220 g/mol. The van der Waals surface area contributed by atoms with Gasteiger partial charge in [0.2, 0.25) is 5.95 Å². The fraction of sp³-hybridized carbons (Fsp3) is 0.500. The first kappa shape index (κ1) is 12.2. The molecule has 0 aliphatic rings. The number of hydrogen-bond donors (Lipinski definition) is 2. The summed E-state index contributed by atoms with van der Waals surface area (Å²) in [5.74, 6) is 6.40. The Labute approximate surface area is 95.1 Å². The zero-order valence-electron chi connectivity index (χ0n) is 9.51. The molecule has 1 rings (SSSR count). The predicted octanol–water partition coefficient (Wildman–Crippen LogP) is 0.891. The van der Waals surface area contributed by atoms with E-state index in [2.05, 4.69) is 35.3 Å². The molecule has 0 amide bonds. The standard InChI is InChI=1S/C10H16N6/c1-8(2)16(7-3-5-11)9-4-6-13-10(14-9)15-12/h4,6,8H,3,7,12H2,1-2H3,(H,13,14,15). The van der Waals surface area contributed by atoms with Gasteiger partial charge in [-0.15, -0.1) is 0 Å². The van der Waals surface area contributed by atoms with Crippen LogP contribution in [0.25, 0.3) is 0 Å². The molecule has 6 nitrogen and oxygen atoms in total. The number of nitrogens with one attached hydrogen (secondary N) is 1. The molecule has 6 heteroatoms. The lowest BCUT2D eigenvalue weighted by molar-refractivity contribution is 0.676. The summed E-state index contributed by atoms with van der Waals surface area (Å²) in [6.45, 7) is 4.75. The van der Waals surface area contributed by atoms with Gasteiger partial charge in [0.1, 0.15) is 5.82 Å². The van der Waals surface area contributed by atoms with Crippen LogP contribution in [0.1, 0.15) is 20.3 Å². The van der Waals surface area contributed by atoms with E-state index in [0.29, 0.717) is 18.9 Å². The van der Waals surface area contributed by atoms with Crippen LogP contribution in [0.2, 0.25) is 0 Å². The maximum absolute atomic E-state index is 8.60. The van der Waals surface area contributed by atoms with Crippen LogP contribution >= 0.6 is 0 Å². The minimum Gasteiger partial charge on any atom is -0.353 e. The normalized spacial score (nSPS) is 9.94. The first-order chi connectivity index (χ1) is 7.69. The van der Waals surface area contributed by atoms with Crippen LogP contribution < -0.4 is 16.2 Å². The molecule has 0 aliphatic heterocycles. The highest BCUT2D eigenvalue weighted by molar-refractivity contribution is 5.42. The number of nitrogens with zero attached hydrogens (tertiary/aromatic N) is 4. The van der Waals surface area contributed by atoms with E-state index in [4.69, 9.17) is 11.1 Å². The molecule has 3 N–H and O–H groups in total. The average Bonchev–Trinajstić information content (AvgIpc) is 2.29. The topological polar surface area (TPSA) is 90.9 Å². The van der Waals surface area contributed by atoms with Gasteiger partial charge in [-0.2, -0.15) is 10.2 Å². The van der Waals surface area contributed by atoms with Gasteiger partial charge in [-0.25, -0.2) is 10.8 Å². The van der Waals surface area contributed by atoms with Crippen molar-refractivity contribution in [2.24, 2.45) is 5.84 Å². The molecule has 0 saturated heterocycles. The molecule has 1 aromatic rings. The quantitative estimate of drug-likeness (QED) is 0.565. The van der Waals surface area contributed by atoms with Gasteiger partial charge in [0.15, 0.2) is 0 Å². The Bertz CT molecular complexity index is 370. The molecule has 0 aromatic carbocycles. The van der Waals surface area contributed by atoms with Crippen molar-refractivity contribution in [1.29, 1.82) is 5.26 Å². The smallest absolute Gasteiger partial charge is 0.239 e. The van der Waals surface area contributed by atoms with E-state index in [9.17, 15) is 0 Å². The summed E-state index contributed by atoms with van der Waals surface area (Å²) in [5, 5.41) is 8.60. The highest BCUT2D eigenvalue weighted by atomic mass is 15.3. The fourth-order valence-corrected chi connectivity index (χ4v) is 1.39. The van der Waals surface area contributed by atoms with Crippen LogP contribution in [0.4, 0.5) is 11.8 Å². The number of aromatic nitrogens is 2. The van der Waals surface area contributed by atoms with E-state index >= 15 is 0 Å². The van der Waals surface area contributed by atoms with Crippen LogP contribution in [-0.2, 0) is 0 Å². The molecule has 0 bridgehead atoms. The van der Waals surface area contributed by atoms with Crippen LogP contribution in [0, 0.1) is 11.3 Å². The molecule has 0 fully saturated rings. The minimum atomic E-state index is 0.272. The van der Waals surface area contributed by atoms with Gasteiger partial charge in [0, 0.05) is 18.8 Å². The third kappa shape index (κ3) is 3.07. The van der Waals surface area contributed by atoms with Crippen molar-refractivity contribution in [3.63, 3.8) is 0 Å². The lowest BCUT2D eigenvalue weighted by atomic mass is 10.3. The van der Waals surface area contributed by atoms with Crippen LogP contribution in [-0.4, -0.2) is 22.6 Å². The van der Waals surface area contributed by atoms with Crippen molar-refractivity contribution in [2.45, 2.75) is 26.3 Å². The Balaban J connectivity index is 2.88. The summed E-state index contributed by atoms with van der Waals surface area (Å²) in [6.07, 6.45) is 2.10. The van der Waals surface area contributed by atoms with E-state index < -0.39 is 0 Å². The Morgan fingerprint density at radius 3 is 2.94 bits per heavy atom. The van der Waals surface area contributed by atoms with Gasteiger partial charge < -0.3 is 4.90 Å². The molecule has 0 spiro atoms. The molecule has 0 unspecified atom stereocenters. The summed E-state index contributed by atoms with van der Waals surface area (Å²) < 4.78 is 0. The summed E-state index contributed by atoms with van der Waals surface area (Å²) in [7, 11) is 0. The number of nitrogen functional groups attached to an aromatic ring is 1. The fourth-order valence-electron chi connectivity index (χ4n) is 1.39. The maximum atomic E-state index is 8.60. The SMILES string of the molecule is CC(C)N(CCC#N)c1ccnc(NN)n1. The Morgan fingerprint density at radius 1 is 1.62 bits per heavy atom. The monoisotopic (exact) mass is 220 g/mol. The van der Waals surface area contributed by atoms with E-state index in [1.54, 1.807) is 12.3 Å². The summed E-state index contributed by atoms with van der Waals surface area (Å²) >= 11 is 0. The van der Waals surface area contributed by atoms with E-state index in [1.807, 2.05) is 4.90 Å². The van der Waals surface area contributed by atoms with Crippen molar-refractivity contribution >= 4 is 11.8 Å². The van der Waals surface area contributed by atoms with Crippen molar-refractivity contribution in [2.75, 3.05) is 16.9 Å². The molecule has 0 saturated carbocycles. The first-order valence-electron chi connectivity index (χ1n) is 5.12. The second-order valence-corrected chi connectivity index (χ2v) is 3.58. The number of nitriles is 1. The number of hydrazine groups is 1. The van der Waals surface area contributed by atoms with Crippen LogP contribution in [0.3, 0.4) is 0 Å². The summed E-state index contributed by atoms with van der Waals surface area (Å²) in [6, 6.07) is 4.20. The van der Waals surface area contributed by atoms with Gasteiger partial charge in [-0.05, 0) is 19.9 Å². The lowest BCUT2D eigenvalue weighted by Crippen LogP contribution is -2.32. The van der Waals surface area contributed by atoms with Crippen molar-refractivity contribution in [3.8, 4) is 6.07 Å². The van der Waals surface area contributed by atoms with Crippen LogP contribution in [0.5, 0.6) is 0 Å². The van der Waals surface area contributed by atoms with Crippen molar-refractivity contribution < 1.29 is 0 Å². The summed E-state index contributed by atoms with van der Waals surface area (Å²) in [4.78, 5) is 10.2. The maximum Gasteiger partial charge on any atom is 0.239 e.